The number of amides is 2. The number of carbonyl (C=O) groups is 2. The molecule has 3 unspecified atom stereocenters. The highest BCUT2D eigenvalue weighted by atomic mass is 16.5. The standard InChI is InChI=1S/C14H24N2O4/c17-13(18)12-4-2-1-3-11(12)8-16-14(19)15-7-10-5-6-20-9-10/h10-12H,1-9H2,(H,17,18)(H2,15,16,19). The summed E-state index contributed by atoms with van der Waals surface area (Å²) in [6, 6.07) is -0.202. The van der Waals surface area contributed by atoms with Gasteiger partial charge in [0.2, 0.25) is 0 Å². The molecule has 1 heterocycles. The zero-order valence-electron chi connectivity index (χ0n) is 11.8. The molecule has 2 fully saturated rings. The van der Waals surface area contributed by atoms with Gasteiger partial charge in [-0.1, -0.05) is 12.8 Å². The molecule has 3 N–H and O–H groups in total. The first-order valence-electron chi connectivity index (χ1n) is 7.49. The summed E-state index contributed by atoms with van der Waals surface area (Å²) in [6.07, 6.45) is 4.62. The maximum absolute atomic E-state index is 11.7. The largest absolute Gasteiger partial charge is 0.481 e. The average molecular weight is 284 g/mol. The van der Waals surface area contributed by atoms with Gasteiger partial charge in [0.05, 0.1) is 12.5 Å². The Morgan fingerprint density at radius 3 is 2.55 bits per heavy atom. The normalized spacial score (nSPS) is 29.9. The minimum absolute atomic E-state index is 0.0572. The Bertz CT molecular complexity index is 342. The van der Waals surface area contributed by atoms with E-state index in [1.54, 1.807) is 0 Å². The van der Waals surface area contributed by atoms with Crippen LogP contribution >= 0.6 is 0 Å². The SMILES string of the molecule is O=C(NCC1CCOC1)NCC1CCCCC1C(=O)O. The molecule has 0 aromatic heterocycles. The summed E-state index contributed by atoms with van der Waals surface area (Å²) in [6.45, 7) is 2.56. The molecule has 0 aromatic carbocycles. The van der Waals surface area contributed by atoms with E-state index in [0.29, 0.717) is 25.6 Å². The Balaban J connectivity index is 1.67. The quantitative estimate of drug-likeness (QED) is 0.708. The van der Waals surface area contributed by atoms with Gasteiger partial charge in [0.15, 0.2) is 0 Å². The fourth-order valence-corrected chi connectivity index (χ4v) is 3.04. The number of nitrogens with one attached hydrogen (secondary N) is 2. The molecule has 2 amide bonds. The number of rotatable bonds is 5. The second kappa shape index (κ2) is 7.47. The van der Waals surface area contributed by atoms with E-state index in [4.69, 9.17) is 4.74 Å². The van der Waals surface area contributed by atoms with Crippen LogP contribution in [0.2, 0.25) is 0 Å². The molecular weight excluding hydrogens is 260 g/mol. The van der Waals surface area contributed by atoms with Crippen molar-refractivity contribution in [2.75, 3.05) is 26.3 Å². The van der Waals surface area contributed by atoms with Gasteiger partial charge in [0.25, 0.3) is 0 Å². The van der Waals surface area contributed by atoms with Crippen LogP contribution in [0, 0.1) is 17.8 Å². The predicted octanol–water partition coefficient (Wildman–Crippen LogP) is 1.21. The zero-order chi connectivity index (χ0) is 14.4. The van der Waals surface area contributed by atoms with Crippen LogP contribution in [0.4, 0.5) is 4.79 Å². The summed E-state index contributed by atoms with van der Waals surface area (Å²) < 4.78 is 5.25. The van der Waals surface area contributed by atoms with Crippen LogP contribution in [-0.2, 0) is 9.53 Å². The van der Waals surface area contributed by atoms with Crippen molar-refractivity contribution in [1.29, 1.82) is 0 Å². The number of carbonyl (C=O) groups excluding carboxylic acids is 1. The van der Waals surface area contributed by atoms with Crippen molar-refractivity contribution < 1.29 is 19.4 Å². The summed E-state index contributed by atoms with van der Waals surface area (Å²) >= 11 is 0. The van der Waals surface area contributed by atoms with Crippen LogP contribution in [0.15, 0.2) is 0 Å². The molecule has 114 valence electrons. The van der Waals surface area contributed by atoms with Gasteiger partial charge in [-0.3, -0.25) is 4.79 Å². The van der Waals surface area contributed by atoms with Crippen LogP contribution in [-0.4, -0.2) is 43.4 Å². The van der Waals surface area contributed by atoms with Crippen LogP contribution in [0.25, 0.3) is 0 Å². The summed E-state index contributed by atoms with van der Waals surface area (Å²) in [4.78, 5) is 22.9. The first-order valence-corrected chi connectivity index (χ1v) is 7.49. The Kier molecular flexibility index (Phi) is 5.64. The molecule has 0 aromatic rings. The molecular formula is C14H24N2O4. The van der Waals surface area contributed by atoms with Crippen LogP contribution in [0.5, 0.6) is 0 Å². The van der Waals surface area contributed by atoms with Crippen molar-refractivity contribution in [3.8, 4) is 0 Å². The number of carboxylic acid groups (broad SMARTS) is 1. The summed E-state index contributed by atoms with van der Waals surface area (Å²) in [5.74, 6) is -0.587. The Hall–Kier alpha value is -1.30. The lowest BCUT2D eigenvalue weighted by Gasteiger charge is -2.28. The monoisotopic (exact) mass is 284 g/mol. The number of carboxylic acids is 1. The van der Waals surface area contributed by atoms with Gasteiger partial charge in [0.1, 0.15) is 0 Å². The summed E-state index contributed by atoms with van der Waals surface area (Å²) in [5.41, 5.74) is 0. The molecule has 1 aliphatic heterocycles. The average Bonchev–Trinajstić information content (AvgIpc) is 2.96. The van der Waals surface area contributed by atoms with E-state index >= 15 is 0 Å². The highest BCUT2D eigenvalue weighted by molar-refractivity contribution is 5.74. The fraction of sp³-hybridized carbons (Fsp3) is 0.857. The van der Waals surface area contributed by atoms with E-state index in [1.807, 2.05) is 0 Å². The molecule has 2 aliphatic rings. The highest BCUT2D eigenvalue weighted by Gasteiger charge is 2.30. The molecule has 3 atom stereocenters. The number of aliphatic carboxylic acids is 1. The van der Waals surface area contributed by atoms with E-state index in [9.17, 15) is 14.7 Å². The van der Waals surface area contributed by atoms with Crippen molar-refractivity contribution in [3.63, 3.8) is 0 Å². The predicted molar refractivity (Wildman–Crippen MR) is 73.4 cm³/mol. The van der Waals surface area contributed by atoms with Crippen molar-refractivity contribution in [2.24, 2.45) is 17.8 Å². The Morgan fingerprint density at radius 1 is 1.10 bits per heavy atom. The third kappa shape index (κ3) is 4.37. The van der Waals surface area contributed by atoms with Crippen molar-refractivity contribution in [3.05, 3.63) is 0 Å². The highest BCUT2D eigenvalue weighted by Crippen LogP contribution is 2.29. The molecule has 0 bridgehead atoms. The van der Waals surface area contributed by atoms with Gasteiger partial charge in [-0.05, 0) is 25.2 Å². The minimum atomic E-state index is -0.736. The van der Waals surface area contributed by atoms with Gasteiger partial charge >= 0.3 is 12.0 Å². The summed E-state index contributed by atoms with van der Waals surface area (Å²) in [5, 5.41) is 14.8. The molecule has 1 saturated heterocycles. The van der Waals surface area contributed by atoms with Crippen LogP contribution < -0.4 is 10.6 Å². The third-order valence-corrected chi connectivity index (χ3v) is 4.33. The number of hydrogen-bond donors (Lipinski definition) is 3. The van der Waals surface area contributed by atoms with Gasteiger partial charge in [-0.15, -0.1) is 0 Å². The number of ether oxygens (including phenoxy) is 1. The lowest BCUT2D eigenvalue weighted by Crippen LogP contribution is -2.43. The molecule has 1 aliphatic carbocycles. The lowest BCUT2D eigenvalue weighted by molar-refractivity contribution is -0.144. The first-order chi connectivity index (χ1) is 9.66. The van der Waals surface area contributed by atoms with Gasteiger partial charge in [-0.25, -0.2) is 4.79 Å². The van der Waals surface area contributed by atoms with E-state index in [2.05, 4.69) is 10.6 Å². The molecule has 6 heteroatoms. The molecule has 6 nitrogen and oxygen atoms in total. The van der Waals surface area contributed by atoms with Crippen molar-refractivity contribution >= 4 is 12.0 Å². The van der Waals surface area contributed by atoms with Gasteiger partial charge in [0, 0.05) is 25.6 Å². The van der Waals surface area contributed by atoms with Crippen LogP contribution in [0.3, 0.4) is 0 Å². The lowest BCUT2D eigenvalue weighted by atomic mass is 9.79. The maximum atomic E-state index is 11.7. The van der Waals surface area contributed by atoms with Crippen molar-refractivity contribution in [2.45, 2.75) is 32.1 Å². The summed E-state index contributed by atoms with van der Waals surface area (Å²) in [7, 11) is 0. The number of urea groups is 1. The topological polar surface area (TPSA) is 87.7 Å². The smallest absolute Gasteiger partial charge is 0.314 e. The Morgan fingerprint density at radius 2 is 1.85 bits per heavy atom. The maximum Gasteiger partial charge on any atom is 0.314 e. The fourth-order valence-electron chi connectivity index (χ4n) is 3.04. The molecule has 2 rings (SSSR count). The second-order valence-electron chi connectivity index (χ2n) is 5.81. The molecule has 0 spiro atoms. The van der Waals surface area contributed by atoms with Gasteiger partial charge in [-0.2, -0.15) is 0 Å². The van der Waals surface area contributed by atoms with Crippen LogP contribution in [0.1, 0.15) is 32.1 Å². The third-order valence-electron chi connectivity index (χ3n) is 4.33. The molecule has 20 heavy (non-hydrogen) atoms. The van der Waals surface area contributed by atoms with E-state index in [1.165, 1.54) is 0 Å². The Labute approximate surface area is 119 Å². The number of hydrogen-bond acceptors (Lipinski definition) is 3. The van der Waals surface area contributed by atoms with Gasteiger partial charge < -0.3 is 20.5 Å². The minimum Gasteiger partial charge on any atom is -0.481 e. The van der Waals surface area contributed by atoms with E-state index in [-0.39, 0.29) is 17.9 Å². The van der Waals surface area contributed by atoms with E-state index in [0.717, 1.165) is 38.7 Å². The zero-order valence-corrected chi connectivity index (χ0v) is 11.8. The van der Waals surface area contributed by atoms with E-state index < -0.39 is 5.97 Å². The molecule has 0 radical (unpaired) electrons. The second-order valence-corrected chi connectivity index (χ2v) is 5.81. The molecule has 1 saturated carbocycles. The van der Waals surface area contributed by atoms with Crippen molar-refractivity contribution in [1.82, 2.24) is 10.6 Å². The first kappa shape index (κ1) is 15.1.